The van der Waals surface area contributed by atoms with E-state index in [1.807, 2.05) is 0 Å². The molecule has 6 rings (SSSR count). The summed E-state index contributed by atoms with van der Waals surface area (Å²) in [5.41, 5.74) is -1.25. The molecule has 2 aromatic carbocycles. The monoisotopic (exact) mass is 599 g/mol. The summed E-state index contributed by atoms with van der Waals surface area (Å²) in [6.07, 6.45) is -1.70. The quantitative estimate of drug-likeness (QED) is 0.275. The number of hydrogen-bond acceptors (Lipinski definition) is 4. The molecule has 0 N–H and O–H groups in total. The minimum atomic E-state index is -5.31. The number of hydrogen-bond donors (Lipinski definition) is 0. The fourth-order valence-corrected chi connectivity index (χ4v) is 5.71. The Kier molecular flexibility index (Phi) is 6.98. The molecule has 0 bridgehead atoms. The number of carbonyl (C=O) groups excluding carboxylic acids is 2. The van der Waals surface area contributed by atoms with Gasteiger partial charge in [-0.05, 0) is 61.2 Å². The maximum Gasteiger partial charge on any atom is 0.422 e. The Labute approximate surface area is 241 Å². The summed E-state index contributed by atoms with van der Waals surface area (Å²) in [5.74, 6) is -4.90. The molecule has 0 unspecified atom stereocenters. The molecule has 0 saturated carbocycles. The van der Waals surface area contributed by atoms with Crippen molar-refractivity contribution in [1.82, 2.24) is 19.7 Å². The summed E-state index contributed by atoms with van der Waals surface area (Å²) in [6.45, 7) is 2.00. The van der Waals surface area contributed by atoms with E-state index in [2.05, 4.69) is 10.1 Å². The van der Waals surface area contributed by atoms with Crippen LogP contribution in [0.5, 0.6) is 0 Å². The first-order valence-electron chi connectivity index (χ1n) is 13.4. The largest absolute Gasteiger partial charge is 0.422 e. The number of piperidine rings is 1. The van der Waals surface area contributed by atoms with Gasteiger partial charge in [0.05, 0.1) is 17.8 Å². The van der Waals surface area contributed by atoms with E-state index in [1.165, 1.54) is 28.3 Å². The number of amides is 2. The molecule has 7 nitrogen and oxygen atoms in total. The number of aromatic nitrogens is 3. The average molecular weight is 600 g/mol. The third-order valence-electron chi connectivity index (χ3n) is 7.83. The molecule has 13 heteroatoms. The first-order chi connectivity index (χ1) is 20.5. The van der Waals surface area contributed by atoms with Crippen LogP contribution in [-0.4, -0.2) is 50.6 Å². The van der Waals surface area contributed by atoms with Gasteiger partial charge in [-0.25, -0.2) is 17.9 Å². The van der Waals surface area contributed by atoms with Gasteiger partial charge in [-0.2, -0.15) is 18.3 Å². The molecule has 2 aliphatic heterocycles. The van der Waals surface area contributed by atoms with E-state index in [0.29, 0.717) is 35.6 Å². The van der Waals surface area contributed by atoms with Gasteiger partial charge in [0.1, 0.15) is 22.9 Å². The van der Waals surface area contributed by atoms with Crippen LogP contribution in [0.25, 0.3) is 16.9 Å². The molecule has 1 fully saturated rings. The standard InChI is InChI=1S/C30H23F6N5O2/c1-16-4-5-17-13-24(42)40(28(17)26(16)32)19-8-11-39(12-9-19)29(43)21-14-23(18-3-2-10-37-15-18)41(38-21)22-7-6-20(31)25(27(22)33)30(34,35)36/h2-7,10,14-15,19H,8-9,11-13H2,1H3. The number of halogens is 6. The van der Waals surface area contributed by atoms with Gasteiger partial charge in [0.15, 0.2) is 11.5 Å². The SMILES string of the molecule is Cc1ccc2c(c1F)N(C1CCN(C(=O)c3cc(-c4cccnc4)n(-c4ccc(F)c(C(F)(F)F)c4F)n3)CC1)C(=O)C2. The van der Waals surface area contributed by atoms with E-state index in [4.69, 9.17) is 0 Å². The number of likely N-dealkylation sites (tertiary alicyclic amines) is 1. The van der Waals surface area contributed by atoms with E-state index in [0.717, 1.165) is 10.7 Å². The van der Waals surface area contributed by atoms with Crippen LogP contribution in [0, 0.1) is 24.4 Å². The lowest BCUT2D eigenvalue weighted by molar-refractivity contribution is -0.142. The molecular weight excluding hydrogens is 576 g/mol. The van der Waals surface area contributed by atoms with Crippen molar-refractivity contribution in [2.45, 2.75) is 38.4 Å². The first kappa shape index (κ1) is 28.4. The summed E-state index contributed by atoms with van der Waals surface area (Å²) < 4.78 is 85.4. The van der Waals surface area contributed by atoms with Gasteiger partial charge in [-0.3, -0.25) is 14.6 Å². The van der Waals surface area contributed by atoms with Crippen molar-refractivity contribution in [1.29, 1.82) is 0 Å². The highest BCUT2D eigenvalue weighted by Gasteiger charge is 2.40. The average Bonchev–Trinajstić information content (AvgIpc) is 3.56. The number of nitrogens with zero attached hydrogens (tertiary/aromatic N) is 5. The number of fused-ring (bicyclic) bond motifs is 1. The Bertz CT molecular complexity index is 1750. The van der Waals surface area contributed by atoms with Crippen molar-refractivity contribution in [3.05, 3.63) is 94.7 Å². The van der Waals surface area contributed by atoms with Crippen LogP contribution >= 0.6 is 0 Å². The molecule has 1 saturated heterocycles. The number of benzene rings is 2. The van der Waals surface area contributed by atoms with Gasteiger partial charge >= 0.3 is 6.18 Å². The molecule has 43 heavy (non-hydrogen) atoms. The Morgan fingerprint density at radius 3 is 2.42 bits per heavy atom. The normalized spacial score (nSPS) is 15.7. The maximum absolute atomic E-state index is 15.2. The highest BCUT2D eigenvalue weighted by atomic mass is 19.4. The van der Waals surface area contributed by atoms with Gasteiger partial charge in [0, 0.05) is 37.1 Å². The van der Waals surface area contributed by atoms with Gasteiger partial charge in [-0.15, -0.1) is 0 Å². The predicted molar refractivity (Wildman–Crippen MR) is 143 cm³/mol. The first-order valence-corrected chi connectivity index (χ1v) is 13.4. The van der Waals surface area contributed by atoms with E-state index >= 15 is 4.39 Å². The Morgan fingerprint density at radius 1 is 1.00 bits per heavy atom. The Balaban J connectivity index is 1.30. The molecule has 4 aromatic rings. The molecule has 2 amide bonds. The Hall–Kier alpha value is -4.68. The van der Waals surface area contributed by atoms with Crippen molar-refractivity contribution in [3.63, 3.8) is 0 Å². The number of alkyl halides is 3. The molecule has 0 atom stereocenters. The summed E-state index contributed by atoms with van der Waals surface area (Å²) in [4.78, 5) is 33.3. The number of pyridine rings is 1. The minimum Gasteiger partial charge on any atom is -0.337 e. The zero-order valence-corrected chi connectivity index (χ0v) is 22.6. The van der Waals surface area contributed by atoms with Crippen LogP contribution in [0.3, 0.4) is 0 Å². The smallest absolute Gasteiger partial charge is 0.337 e. The molecular formula is C30H23F6N5O2. The predicted octanol–water partition coefficient (Wildman–Crippen LogP) is 5.87. The topological polar surface area (TPSA) is 71.3 Å². The minimum absolute atomic E-state index is 0.0649. The van der Waals surface area contributed by atoms with Crippen LogP contribution < -0.4 is 4.90 Å². The fourth-order valence-electron chi connectivity index (χ4n) is 5.71. The number of carbonyl (C=O) groups is 2. The molecule has 0 radical (unpaired) electrons. The van der Waals surface area contributed by atoms with Crippen molar-refractivity contribution in [2.24, 2.45) is 0 Å². The molecule has 2 aliphatic rings. The van der Waals surface area contributed by atoms with Crippen LogP contribution in [0.15, 0.2) is 54.9 Å². The van der Waals surface area contributed by atoms with Gasteiger partial charge < -0.3 is 9.80 Å². The summed E-state index contributed by atoms with van der Waals surface area (Å²) in [7, 11) is 0. The molecule has 2 aromatic heterocycles. The summed E-state index contributed by atoms with van der Waals surface area (Å²) in [5, 5.41) is 4.16. The van der Waals surface area contributed by atoms with Crippen LogP contribution in [0.2, 0.25) is 0 Å². The zero-order valence-electron chi connectivity index (χ0n) is 22.6. The number of aryl methyl sites for hydroxylation is 1. The lowest BCUT2D eigenvalue weighted by atomic mass is 10.0. The van der Waals surface area contributed by atoms with Gasteiger partial charge in [0.2, 0.25) is 5.91 Å². The fraction of sp³-hybridized carbons (Fsp3) is 0.267. The Morgan fingerprint density at radius 2 is 1.74 bits per heavy atom. The van der Waals surface area contributed by atoms with E-state index in [9.17, 15) is 31.5 Å². The third-order valence-corrected chi connectivity index (χ3v) is 7.83. The van der Waals surface area contributed by atoms with E-state index in [-0.39, 0.29) is 48.5 Å². The van der Waals surface area contributed by atoms with Crippen LogP contribution in [0.4, 0.5) is 32.0 Å². The molecule has 222 valence electrons. The number of rotatable bonds is 4. The molecule has 0 spiro atoms. The summed E-state index contributed by atoms with van der Waals surface area (Å²) in [6, 6.07) is 8.74. The molecule has 4 heterocycles. The highest BCUT2D eigenvalue weighted by Crippen LogP contribution is 2.38. The maximum atomic E-state index is 15.2. The van der Waals surface area contributed by atoms with E-state index < -0.39 is 40.8 Å². The highest BCUT2D eigenvalue weighted by molar-refractivity contribution is 6.02. The van der Waals surface area contributed by atoms with Gasteiger partial charge in [-0.1, -0.05) is 12.1 Å². The zero-order chi connectivity index (χ0) is 30.6. The lowest BCUT2D eigenvalue weighted by Crippen LogP contribution is -2.48. The lowest BCUT2D eigenvalue weighted by Gasteiger charge is -2.37. The summed E-state index contributed by atoms with van der Waals surface area (Å²) >= 11 is 0. The van der Waals surface area contributed by atoms with E-state index in [1.54, 1.807) is 31.2 Å². The van der Waals surface area contributed by atoms with Crippen molar-refractivity contribution < 1.29 is 35.9 Å². The second-order valence-corrected chi connectivity index (χ2v) is 10.5. The second-order valence-electron chi connectivity index (χ2n) is 10.5. The van der Waals surface area contributed by atoms with Crippen molar-refractivity contribution in [3.8, 4) is 16.9 Å². The molecule has 0 aliphatic carbocycles. The van der Waals surface area contributed by atoms with Gasteiger partial charge in [0.25, 0.3) is 5.91 Å². The number of anilines is 1. The van der Waals surface area contributed by atoms with Crippen molar-refractivity contribution >= 4 is 17.5 Å². The van der Waals surface area contributed by atoms with Crippen LogP contribution in [0.1, 0.15) is 40.0 Å². The van der Waals surface area contributed by atoms with Crippen LogP contribution in [-0.2, 0) is 17.4 Å². The third kappa shape index (κ3) is 4.92. The van der Waals surface area contributed by atoms with Crippen molar-refractivity contribution in [2.75, 3.05) is 18.0 Å². The second kappa shape index (κ2) is 10.5.